The summed E-state index contributed by atoms with van der Waals surface area (Å²) in [6.45, 7) is 5.90. The Morgan fingerprint density at radius 3 is 2.41 bits per heavy atom. The Balaban J connectivity index is 0.000000686. The highest BCUT2D eigenvalue weighted by atomic mass is 32.1. The van der Waals surface area contributed by atoms with Gasteiger partial charge in [-0.3, -0.25) is 10.1 Å². The molecule has 2 rings (SSSR count). The molecule has 1 N–H and O–H groups in total. The van der Waals surface area contributed by atoms with Crippen LogP contribution in [0.4, 0.5) is 5.13 Å². The van der Waals surface area contributed by atoms with Crippen LogP contribution in [0.2, 0.25) is 0 Å². The van der Waals surface area contributed by atoms with E-state index in [0.717, 1.165) is 5.69 Å². The molecule has 0 spiro atoms. The van der Waals surface area contributed by atoms with Gasteiger partial charge in [0.25, 0.3) is 5.91 Å². The lowest BCUT2D eigenvalue weighted by molar-refractivity contribution is 0.102. The highest BCUT2D eigenvalue weighted by Gasteiger charge is 2.06. The van der Waals surface area contributed by atoms with Crippen molar-refractivity contribution in [3.8, 4) is 0 Å². The molecule has 90 valence electrons. The van der Waals surface area contributed by atoms with Gasteiger partial charge in [0.05, 0.1) is 5.69 Å². The van der Waals surface area contributed by atoms with Crippen molar-refractivity contribution in [1.29, 1.82) is 0 Å². The molecule has 2 aromatic rings. The van der Waals surface area contributed by atoms with Crippen molar-refractivity contribution in [2.45, 2.75) is 20.8 Å². The van der Waals surface area contributed by atoms with Crippen LogP contribution >= 0.6 is 11.3 Å². The van der Waals surface area contributed by atoms with Gasteiger partial charge in [0, 0.05) is 10.9 Å². The van der Waals surface area contributed by atoms with E-state index in [2.05, 4.69) is 10.3 Å². The molecular formula is C13H16N2OS. The third kappa shape index (κ3) is 4.00. The van der Waals surface area contributed by atoms with Crippen LogP contribution in [0, 0.1) is 6.92 Å². The number of hydrogen-bond donors (Lipinski definition) is 1. The van der Waals surface area contributed by atoms with Crippen LogP contribution in [0.1, 0.15) is 29.9 Å². The van der Waals surface area contributed by atoms with Crippen molar-refractivity contribution in [2.24, 2.45) is 0 Å². The summed E-state index contributed by atoms with van der Waals surface area (Å²) in [7, 11) is 0. The number of aryl methyl sites for hydroxylation is 1. The third-order valence-corrected chi connectivity index (χ3v) is 2.75. The number of nitrogens with zero attached hydrogens (tertiary/aromatic N) is 1. The molecule has 1 heterocycles. The number of hydrogen-bond acceptors (Lipinski definition) is 3. The molecule has 1 aromatic carbocycles. The SMILES string of the molecule is CC.Cc1csc(NC(=O)c2ccccc2)n1. The van der Waals surface area contributed by atoms with E-state index in [1.165, 1.54) is 11.3 Å². The van der Waals surface area contributed by atoms with Gasteiger partial charge in [-0.2, -0.15) is 0 Å². The van der Waals surface area contributed by atoms with Crippen molar-refractivity contribution < 1.29 is 4.79 Å². The standard InChI is InChI=1S/C11H10N2OS.C2H6/c1-8-7-15-11(12-8)13-10(14)9-5-3-2-4-6-9;1-2/h2-7H,1H3,(H,12,13,14);1-2H3. The molecule has 1 aromatic heterocycles. The summed E-state index contributed by atoms with van der Waals surface area (Å²) in [5.74, 6) is -0.120. The number of carbonyl (C=O) groups excluding carboxylic acids is 1. The Morgan fingerprint density at radius 1 is 1.24 bits per heavy atom. The Morgan fingerprint density at radius 2 is 1.88 bits per heavy atom. The molecular weight excluding hydrogens is 232 g/mol. The highest BCUT2D eigenvalue weighted by molar-refractivity contribution is 7.13. The maximum absolute atomic E-state index is 11.7. The lowest BCUT2D eigenvalue weighted by atomic mass is 10.2. The largest absolute Gasteiger partial charge is 0.298 e. The predicted molar refractivity (Wildman–Crippen MR) is 72.6 cm³/mol. The zero-order valence-corrected chi connectivity index (χ0v) is 11.0. The first-order valence-corrected chi connectivity index (χ1v) is 6.42. The minimum Gasteiger partial charge on any atom is -0.298 e. The van der Waals surface area contributed by atoms with Crippen LogP contribution < -0.4 is 5.32 Å². The number of benzene rings is 1. The monoisotopic (exact) mass is 248 g/mol. The van der Waals surface area contributed by atoms with Gasteiger partial charge in [0.15, 0.2) is 5.13 Å². The first kappa shape index (κ1) is 13.4. The van der Waals surface area contributed by atoms with Crippen LogP contribution in [-0.2, 0) is 0 Å². The van der Waals surface area contributed by atoms with Crippen LogP contribution in [0.3, 0.4) is 0 Å². The molecule has 0 fully saturated rings. The highest BCUT2D eigenvalue weighted by Crippen LogP contribution is 2.15. The summed E-state index contributed by atoms with van der Waals surface area (Å²) in [6, 6.07) is 9.10. The van der Waals surface area contributed by atoms with E-state index in [0.29, 0.717) is 10.7 Å². The van der Waals surface area contributed by atoms with Gasteiger partial charge in [-0.05, 0) is 19.1 Å². The molecule has 1 amide bonds. The van der Waals surface area contributed by atoms with Crippen molar-refractivity contribution in [3.05, 3.63) is 47.0 Å². The molecule has 17 heavy (non-hydrogen) atoms. The summed E-state index contributed by atoms with van der Waals surface area (Å²) in [5, 5.41) is 5.29. The average molecular weight is 248 g/mol. The molecule has 0 aliphatic rings. The normalized spacial score (nSPS) is 9.12. The summed E-state index contributed by atoms with van der Waals surface area (Å²) >= 11 is 1.43. The van der Waals surface area contributed by atoms with E-state index in [-0.39, 0.29) is 5.91 Å². The fourth-order valence-electron chi connectivity index (χ4n) is 1.17. The molecule has 0 saturated carbocycles. The fraction of sp³-hybridized carbons (Fsp3) is 0.231. The van der Waals surface area contributed by atoms with Gasteiger partial charge in [0.1, 0.15) is 0 Å². The number of thiazole rings is 1. The smallest absolute Gasteiger partial charge is 0.257 e. The Labute approximate surface area is 106 Å². The minimum atomic E-state index is -0.120. The molecule has 3 nitrogen and oxygen atoms in total. The molecule has 0 radical (unpaired) electrons. The lowest BCUT2D eigenvalue weighted by Crippen LogP contribution is -2.11. The molecule has 4 heteroatoms. The zero-order chi connectivity index (χ0) is 12.7. The number of rotatable bonds is 2. The van der Waals surface area contributed by atoms with Gasteiger partial charge in [0.2, 0.25) is 0 Å². The van der Waals surface area contributed by atoms with E-state index in [1.54, 1.807) is 12.1 Å². The van der Waals surface area contributed by atoms with Crippen molar-refractivity contribution >= 4 is 22.4 Å². The molecule has 0 atom stereocenters. The Hall–Kier alpha value is -1.68. The second-order valence-electron chi connectivity index (χ2n) is 3.11. The topological polar surface area (TPSA) is 42.0 Å². The summed E-state index contributed by atoms with van der Waals surface area (Å²) in [5.41, 5.74) is 1.56. The number of nitrogens with one attached hydrogen (secondary N) is 1. The second-order valence-corrected chi connectivity index (χ2v) is 3.97. The van der Waals surface area contributed by atoms with Gasteiger partial charge in [-0.1, -0.05) is 32.0 Å². The predicted octanol–water partition coefficient (Wildman–Crippen LogP) is 3.73. The average Bonchev–Trinajstić information content (AvgIpc) is 2.78. The van der Waals surface area contributed by atoms with Gasteiger partial charge in [-0.15, -0.1) is 11.3 Å². The molecule has 0 unspecified atom stereocenters. The fourth-order valence-corrected chi connectivity index (χ4v) is 1.85. The van der Waals surface area contributed by atoms with E-state index < -0.39 is 0 Å². The first-order chi connectivity index (χ1) is 8.25. The molecule has 0 saturated heterocycles. The van der Waals surface area contributed by atoms with E-state index in [1.807, 2.05) is 44.4 Å². The Kier molecular flexibility index (Phi) is 5.36. The quantitative estimate of drug-likeness (QED) is 0.879. The van der Waals surface area contributed by atoms with Crippen LogP contribution in [0.15, 0.2) is 35.7 Å². The summed E-state index contributed by atoms with van der Waals surface area (Å²) in [4.78, 5) is 15.8. The van der Waals surface area contributed by atoms with E-state index >= 15 is 0 Å². The van der Waals surface area contributed by atoms with Crippen molar-refractivity contribution in [2.75, 3.05) is 5.32 Å². The number of anilines is 1. The Bertz CT molecular complexity index is 465. The van der Waals surface area contributed by atoms with E-state index in [4.69, 9.17) is 0 Å². The number of aromatic nitrogens is 1. The molecule has 0 bridgehead atoms. The minimum absolute atomic E-state index is 0.120. The van der Waals surface area contributed by atoms with Gasteiger partial charge in [-0.25, -0.2) is 4.98 Å². The third-order valence-electron chi connectivity index (χ3n) is 1.88. The van der Waals surface area contributed by atoms with Crippen molar-refractivity contribution in [3.63, 3.8) is 0 Å². The number of amides is 1. The van der Waals surface area contributed by atoms with Crippen molar-refractivity contribution in [1.82, 2.24) is 4.98 Å². The van der Waals surface area contributed by atoms with Gasteiger partial charge < -0.3 is 0 Å². The van der Waals surface area contributed by atoms with E-state index in [9.17, 15) is 4.79 Å². The van der Waals surface area contributed by atoms with Crippen LogP contribution in [0.25, 0.3) is 0 Å². The maximum Gasteiger partial charge on any atom is 0.257 e. The van der Waals surface area contributed by atoms with Crippen LogP contribution in [0.5, 0.6) is 0 Å². The van der Waals surface area contributed by atoms with Gasteiger partial charge >= 0.3 is 0 Å². The zero-order valence-electron chi connectivity index (χ0n) is 10.2. The molecule has 0 aliphatic heterocycles. The lowest BCUT2D eigenvalue weighted by Gasteiger charge is -2.00. The van der Waals surface area contributed by atoms with Crippen LogP contribution in [-0.4, -0.2) is 10.9 Å². The summed E-state index contributed by atoms with van der Waals surface area (Å²) < 4.78 is 0. The maximum atomic E-state index is 11.7. The molecule has 0 aliphatic carbocycles. The summed E-state index contributed by atoms with van der Waals surface area (Å²) in [6.07, 6.45) is 0. The number of carbonyl (C=O) groups is 1. The first-order valence-electron chi connectivity index (χ1n) is 5.54. The second kappa shape index (κ2) is 6.81.